The van der Waals surface area contributed by atoms with Crippen molar-refractivity contribution in [3.05, 3.63) is 114 Å². The van der Waals surface area contributed by atoms with Gasteiger partial charge in [-0.3, -0.25) is 10.1 Å². The van der Waals surface area contributed by atoms with Crippen LogP contribution in [0, 0.1) is 0 Å². The second-order valence-corrected chi connectivity index (χ2v) is 9.60. The number of benzene rings is 4. The molecular formula is C27H24N4O4S. The van der Waals surface area contributed by atoms with E-state index in [1.807, 2.05) is 64.6 Å². The van der Waals surface area contributed by atoms with Gasteiger partial charge in [-0.05, 0) is 47.0 Å². The van der Waals surface area contributed by atoms with Gasteiger partial charge in [0.2, 0.25) is 0 Å². The van der Waals surface area contributed by atoms with Crippen molar-refractivity contribution < 1.29 is 18.0 Å². The van der Waals surface area contributed by atoms with Crippen molar-refractivity contribution in [2.45, 2.75) is 11.4 Å². The van der Waals surface area contributed by atoms with E-state index in [-0.39, 0.29) is 10.5 Å². The van der Waals surface area contributed by atoms with E-state index in [2.05, 4.69) is 5.32 Å². The van der Waals surface area contributed by atoms with Crippen LogP contribution in [0.25, 0.3) is 11.1 Å². The van der Waals surface area contributed by atoms with Gasteiger partial charge in [0.25, 0.3) is 15.9 Å². The van der Waals surface area contributed by atoms with Crippen LogP contribution < -0.4 is 21.1 Å². The lowest BCUT2D eigenvalue weighted by Crippen LogP contribution is -2.42. The Morgan fingerprint density at radius 2 is 1.36 bits per heavy atom. The van der Waals surface area contributed by atoms with Gasteiger partial charge in [-0.15, -0.1) is 0 Å². The van der Waals surface area contributed by atoms with Crippen molar-refractivity contribution >= 4 is 33.3 Å². The summed E-state index contributed by atoms with van der Waals surface area (Å²) in [5, 5.41) is 5.22. The second kappa shape index (κ2) is 10.7. The molecule has 0 saturated carbocycles. The molecule has 0 radical (unpaired) electrons. The van der Waals surface area contributed by atoms with Crippen molar-refractivity contribution in [1.82, 2.24) is 10.0 Å². The van der Waals surface area contributed by atoms with Gasteiger partial charge in [0.1, 0.15) is 0 Å². The van der Waals surface area contributed by atoms with Gasteiger partial charge in [0.05, 0.1) is 16.3 Å². The largest absolute Gasteiger partial charge is 0.397 e. The summed E-state index contributed by atoms with van der Waals surface area (Å²) in [5.41, 5.74) is 10.4. The fourth-order valence-corrected chi connectivity index (χ4v) is 4.40. The molecule has 8 nitrogen and oxygen atoms in total. The van der Waals surface area contributed by atoms with Crippen molar-refractivity contribution in [1.29, 1.82) is 0 Å². The number of imide groups is 1. The maximum Gasteiger partial charge on any atom is 0.335 e. The highest BCUT2D eigenvalue weighted by atomic mass is 32.2. The van der Waals surface area contributed by atoms with Gasteiger partial charge in [-0.25, -0.2) is 17.9 Å². The van der Waals surface area contributed by atoms with Crippen LogP contribution in [0.1, 0.15) is 15.9 Å². The maximum absolute atomic E-state index is 12.6. The molecule has 182 valence electrons. The number of nitrogen functional groups attached to an aromatic ring is 1. The highest BCUT2D eigenvalue weighted by Crippen LogP contribution is 2.23. The van der Waals surface area contributed by atoms with E-state index in [1.54, 1.807) is 6.07 Å². The number of hydrogen-bond acceptors (Lipinski definition) is 6. The Morgan fingerprint density at radius 3 is 2.03 bits per heavy atom. The number of sulfonamides is 1. The number of carbonyl (C=O) groups excluding carboxylic acids is 2. The van der Waals surface area contributed by atoms with Gasteiger partial charge >= 0.3 is 6.03 Å². The average molecular weight is 501 g/mol. The molecule has 0 aliphatic heterocycles. The summed E-state index contributed by atoms with van der Waals surface area (Å²) in [6, 6.07) is 28.8. The third-order valence-corrected chi connectivity index (χ3v) is 6.71. The molecule has 0 fully saturated rings. The Labute approximate surface area is 209 Å². The molecule has 0 aliphatic rings. The fraction of sp³-hybridized carbons (Fsp3) is 0.0370. The van der Waals surface area contributed by atoms with Crippen LogP contribution in [0.2, 0.25) is 0 Å². The zero-order valence-corrected chi connectivity index (χ0v) is 20.0. The molecule has 5 N–H and O–H groups in total. The highest BCUT2D eigenvalue weighted by Gasteiger charge is 2.19. The summed E-state index contributed by atoms with van der Waals surface area (Å²) in [5.74, 6) is -0.772. The normalized spacial score (nSPS) is 10.9. The van der Waals surface area contributed by atoms with Gasteiger partial charge in [-0.1, -0.05) is 72.8 Å². The van der Waals surface area contributed by atoms with Crippen LogP contribution in [0.4, 0.5) is 16.2 Å². The van der Waals surface area contributed by atoms with Gasteiger partial charge in [0, 0.05) is 12.1 Å². The first-order valence-corrected chi connectivity index (χ1v) is 12.5. The number of anilines is 2. The van der Waals surface area contributed by atoms with Crippen LogP contribution in [0.15, 0.2) is 108 Å². The van der Waals surface area contributed by atoms with Crippen molar-refractivity contribution in [3.8, 4) is 11.1 Å². The van der Waals surface area contributed by atoms with Gasteiger partial charge in [-0.2, -0.15) is 0 Å². The molecule has 4 rings (SSSR count). The second-order valence-electron chi connectivity index (χ2n) is 7.92. The van der Waals surface area contributed by atoms with Gasteiger partial charge < -0.3 is 11.1 Å². The average Bonchev–Trinajstić information content (AvgIpc) is 2.89. The summed E-state index contributed by atoms with van der Waals surface area (Å²) in [6.45, 7) is 0.458. The maximum atomic E-state index is 12.6. The topological polar surface area (TPSA) is 130 Å². The third-order valence-electron chi connectivity index (χ3n) is 5.37. The number of carbonyl (C=O) groups is 2. The number of urea groups is 1. The minimum absolute atomic E-state index is 0.0941. The smallest absolute Gasteiger partial charge is 0.335 e. The number of nitrogens with one attached hydrogen (secondary N) is 3. The van der Waals surface area contributed by atoms with E-state index < -0.39 is 22.0 Å². The number of rotatable bonds is 7. The molecule has 0 atom stereocenters. The molecule has 4 aromatic carbocycles. The van der Waals surface area contributed by atoms with E-state index in [9.17, 15) is 18.0 Å². The van der Waals surface area contributed by atoms with Gasteiger partial charge in [0.15, 0.2) is 0 Å². The van der Waals surface area contributed by atoms with Crippen LogP contribution >= 0.6 is 0 Å². The fourth-order valence-electron chi connectivity index (χ4n) is 3.47. The molecule has 0 unspecified atom stereocenters. The summed E-state index contributed by atoms with van der Waals surface area (Å²) in [6.07, 6.45) is 0. The summed E-state index contributed by atoms with van der Waals surface area (Å²) < 4.78 is 26.4. The molecule has 3 amide bonds. The first kappa shape index (κ1) is 24.5. The monoisotopic (exact) mass is 500 g/mol. The van der Waals surface area contributed by atoms with E-state index >= 15 is 0 Å². The minimum Gasteiger partial charge on any atom is -0.397 e. The Bertz CT molecular complexity index is 1470. The zero-order valence-electron chi connectivity index (χ0n) is 19.1. The van der Waals surface area contributed by atoms with Crippen molar-refractivity contribution in [2.24, 2.45) is 0 Å². The van der Waals surface area contributed by atoms with Crippen LogP contribution in [0.5, 0.6) is 0 Å². The third kappa shape index (κ3) is 6.08. The Balaban J connectivity index is 1.38. The van der Waals surface area contributed by atoms with E-state index in [0.717, 1.165) is 16.7 Å². The summed E-state index contributed by atoms with van der Waals surface area (Å²) >= 11 is 0. The van der Waals surface area contributed by atoms with E-state index in [0.29, 0.717) is 17.9 Å². The molecule has 0 bridgehead atoms. The molecule has 0 saturated heterocycles. The molecule has 0 heterocycles. The standard InChI is InChI=1S/C27H24N4O4S/c28-24-16-15-22(26(32)30-27(33)31-36(34,35)23-9-5-2-6-10-23)17-25(24)29-18-19-11-13-21(14-12-19)20-7-3-1-4-8-20/h1-17,29H,18,28H2,(H2,30,31,32,33). The van der Waals surface area contributed by atoms with Crippen molar-refractivity contribution in [3.63, 3.8) is 0 Å². The number of nitrogens with two attached hydrogens (primary N) is 1. The number of amides is 3. The Kier molecular flexibility index (Phi) is 7.31. The summed E-state index contributed by atoms with van der Waals surface area (Å²) in [7, 11) is -4.11. The molecule has 4 aromatic rings. The number of hydrogen-bond donors (Lipinski definition) is 4. The first-order chi connectivity index (χ1) is 17.3. The zero-order chi connectivity index (χ0) is 25.5. The van der Waals surface area contributed by atoms with Crippen LogP contribution in [-0.4, -0.2) is 20.4 Å². The predicted molar refractivity (Wildman–Crippen MR) is 140 cm³/mol. The van der Waals surface area contributed by atoms with Crippen LogP contribution in [-0.2, 0) is 16.6 Å². The molecule has 9 heteroatoms. The minimum atomic E-state index is -4.11. The lowest BCUT2D eigenvalue weighted by Gasteiger charge is -2.12. The quantitative estimate of drug-likeness (QED) is 0.279. The lowest BCUT2D eigenvalue weighted by molar-refractivity contribution is 0.0965. The Hall–Kier alpha value is -4.63. The SMILES string of the molecule is Nc1ccc(C(=O)NC(=O)NS(=O)(=O)c2ccccc2)cc1NCc1ccc(-c2ccccc2)cc1. The molecular weight excluding hydrogens is 476 g/mol. The lowest BCUT2D eigenvalue weighted by atomic mass is 10.0. The molecule has 0 aliphatic carbocycles. The highest BCUT2D eigenvalue weighted by molar-refractivity contribution is 7.90. The summed E-state index contributed by atoms with van der Waals surface area (Å²) in [4.78, 5) is 24.6. The van der Waals surface area contributed by atoms with Crippen LogP contribution in [0.3, 0.4) is 0 Å². The molecule has 0 spiro atoms. The molecule has 0 aromatic heterocycles. The first-order valence-electron chi connectivity index (χ1n) is 11.0. The Morgan fingerprint density at radius 1 is 0.750 bits per heavy atom. The van der Waals surface area contributed by atoms with Crippen molar-refractivity contribution in [2.75, 3.05) is 11.1 Å². The predicted octanol–water partition coefficient (Wildman–Crippen LogP) is 4.38. The van der Waals surface area contributed by atoms with E-state index in [1.165, 1.54) is 42.5 Å². The molecule has 36 heavy (non-hydrogen) atoms. The van der Waals surface area contributed by atoms with E-state index in [4.69, 9.17) is 5.73 Å².